The van der Waals surface area contributed by atoms with Crippen LogP contribution in [-0.4, -0.2) is 24.5 Å². The third-order valence-electron chi connectivity index (χ3n) is 4.20. The van der Waals surface area contributed by atoms with Gasteiger partial charge in [-0.3, -0.25) is 4.79 Å². The van der Waals surface area contributed by atoms with Gasteiger partial charge in [-0.1, -0.05) is 44.2 Å². The molecule has 6 heteroatoms. The molecule has 1 atom stereocenters. The van der Waals surface area contributed by atoms with E-state index in [0.717, 1.165) is 6.42 Å². The van der Waals surface area contributed by atoms with E-state index in [0.29, 0.717) is 12.3 Å². The SMILES string of the molecule is CC(CC(C)(C)c1ccccc1)NC(=O)NCC(=O)NCc1ccco1. The van der Waals surface area contributed by atoms with E-state index in [1.165, 1.54) is 5.56 Å². The van der Waals surface area contributed by atoms with Crippen LogP contribution in [0.25, 0.3) is 0 Å². The first-order valence-corrected chi connectivity index (χ1v) is 8.76. The second-order valence-corrected chi connectivity index (χ2v) is 7.04. The molecular formula is C20H27N3O3. The minimum Gasteiger partial charge on any atom is -0.467 e. The fourth-order valence-corrected chi connectivity index (χ4v) is 2.92. The summed E-state index contributed by atoms with van der Waals surface area (Å²) in [6.07, 6.45) is 2.33. The predicted molar refractivity (Wildman–Crippen MR) is 101 cm³/mol. The standard InChI is InChI=1S/C20H27N3O3/c1-15(12-20(2,3)16-8-5-4-6-9-16)23-19(25)22-14-18(24)21-13-17-10-7-11-26-17/h4-11,15H,12-14H2,1-3H3,(H,21,24)(H2,22,23,25). The second-order valence-electron chi connectivity index (χ2n) is 7.04. The van der Waals surface area contributed by atoms with Crippen molar-refractivity contribution >= 4 is 11.9 Å². The zero-order valence-electron chi connectivity index (χ0n) is 15.5. The third kappa shape index (κ3) is 6.27. The molecule has 1 heterocycles. The smallest absolute Gasteiger partial charge is 0.315 e. The summed E-state index contributed by atoms with van der Waals surface area (Å²) in [5.74, 6) is 0.397. The molecule has 6 nitrogen and oxygen atoms in total. The minimum absolute atomic E-state index is 0.0311. The summed E-state index contributed by atoms with van der Waals surface area (Å²) in [6.45, 7) is 6.49. The molecule has 3 N–H and O–H groups in total. The van der Waals surface area contributed by atoms with Crippen molar-refractivity contribution in [3.05, 3.63) is 60.1 Å². The van der Waals surface area contributed by atoms with Crippen LogP contribution in [0.1, 0.15) is 38.5 Å². The zero-order chi connectivity index (χ0) is 19.0. The number of hydrogen-bond donors (Lipinski definition) is 3. The molecule has 0 bridgehead atoms. The Morgan fingerprint density at radius 3 is 2.46 bits per heavy atom. The van der Waals surface area contributed by atoms with Gasteiger partial charge in [0.1, 0.15) is 5.76 Å². The molecule has 0 saturated carbocycles. The summed E-state index contributed by atoms with van der Waals surface area (Å²) in [4.78, 5) is 23.7. The molecule has 1 unspecified atom stereocenters. The summed E-state index contributed by atoms with van der Waals surface area (Å²) >= 11 is 0. The van der Waals surface area contributed by atoms with E-state index in [4.69, 9.17) is 4.42 Å². The molecule has 0 aliphatic heterocycles. The van der Waals surface area contributed by atoms with Crippen LogP contribution in [-0.2, 0) is 16.8 Å². The van der Waals surface area contributed by atoms with Crippen molar-refractivity contribution < 1.29 is 14.0 Å². The Morgan fingerprint density at radius 1 is 1.08 bits per heavy atom. The van der Waals surface area contributed by atoms with Gasteiger partial charge in [0, 0.05) is 6.04 Å². The quantitative estimate of drug-likeness (QED) is 0.679. The van der Waals surface area contributed by atoms with Crippen molar-refractivity contribution in [1.29, 1.82) is 0 Å². The van der Waals surface area contributed by atoms with Crippen LogP contribution in [0, 0.1) is 0 Å². The number of furan rings is 1. The number of urea groups is 1. The van der Waals surface area contributed by atoms with E-state index >= 15 is 0 Å². The van der Waals surface area contributed by atoms with Gasteiger partial charge in [0.2, 0.25) is 5.91 Å². The fourth-order valence-electron chi connectivity index (χ4n) is 2.92. The van der Waals surface area contributed by atoms with Crippen LogP contribution in [0.3, 0.4) is 0 Å². The van der Waals surface area contributed by atoms with Crippen LogP contribution in [0.15, 0.2) is 53.1 Å². The first kappa shape index (κ1) is 19.6. The van der Waals surface area contributed by atoms with E-state index in [9.17, 15) is 9.59 Å². The number of hydrogen-bond acceptors (Lipinski definition) is 3. The third-order valence-corrected chi connectivity index (χ3v) is 4.20. The van der Waals surface area contributed by atoms with Crippen molar-refractivity contribution in [2.75, 3.05) is 6.54 Å². The van der Waals surface area contributed by atoms with Gasteiger partial charge in [0.25, 0.3) is 0 Å². The van der Waals surface area contributed by atoms with Gasteiger partial charge in [-0.2, -0.15) is 0 Å². The van der Waals surface area contributed by atoms with Gasteiger partial charge < -0.3 is 20.4 Å². The van der Waals surface area contributed by atoms with Crippen molar-refractivity contribution in [2.45, 2.75) is 45.2 Å². The zero-order valence-corrected chi connectivity index (χ0v) is 15.5. The molecule has 2 rings (SSSR count). The minimum atomic E-state index is -0.352. The lowest BCUT2D eigenvalue weighted by Crippen LogP contribution is -2.46. The Labute approximate surface area is 154 Å². The molecule has 3 amide bonds. The monoisotopic (exact) mass is 357 g/mol. The first-order chi connectivity index (χ1) is 12.4. The number of carbonyl (C=O) groups excluding carboxylic acids is 2. The van der Waals surface area contributed by atoms with E-state index in [1.807, 2.05) is 25.1 Å². The topological polar surface area (TPSA) is 83.4 Å². The fraction of sp³-hybridized carbons (Fsp3) is 0.400. The molecule has 0 spiro atoms. The molecule has 2 aromatic rings. The van der Waals surface area contributed by atoms with Gasteiger partial charge in [-0.05, 0) is 36.5 Å². The van der Waals surface area contributed by atoms with E-state index < -0.39 is 0 Å². The largest absolute Gasteiger partial charge is 0.467 e. The summed E-state index contributed by atoms with van der Waals surface area (Å²) in [5.41, 5.74) is 1.17. The highest BCUT2D eigenvalue weighted by molar-refractivity contribution is 5.83. The molecule has 0 saturated heterocycles. The Morgan fingerprint density at radius 2 is 1.81 bits per heavy atom. The highest BCUT2D eigenvalue weighted by Gasteiger charge is 2.24. The maximum absolute atomic E-state index is 12.0. The molecule has 140 valence electrons. The molecule has 1 aromatic carbocycles. The highest BCUT2D eigenvalue weighted by atomic mass is 16.3. The van der Waals surface area contributed by atoms with Crippen LogP contribution >= 0.6 is 0 Å². The van der Waals surface area contributed by atoms with Crippen LogP contribution < -0.4 is 16.0 Å². The lowest BCUT2D eigenvalue weighted by molar-refractivity contribution is -0.120. The van der Waals surface area contributed by atoms with Crippen molar-refractivity contribution in [3.63, 3.8) is 0 Å². The Kier molecular flexibility index (Phi) is 6.83. The number of benzene rings is 1. The van der Waals surface area contributed by atoms with Gasteiger partial charge in [-0.25, -0.2) is 4.79 Å². The van der Waals surface area contributed by atoms with Crippen molar-refractivity contribution in [3.8, 4) is 0 Å². The van der Waals surface area contributed by atoms with Crippen molar-refractivity contribution in [1.82, 2.24) is 16.0 Å². The summed E-state index contributed by atoms with van der Waals surface area (Å²) in [7, 11) is 0. The maximum atomic E-state index is 12.0. The first-order valence-electron chi connectivity index (χ1n) is 8.76. The van der Waals surface area contributed by atoms with Crippen LogP contribution in [0.2, 0.25) is 0 Å². The Hall–Kier alpha value is -2.76. The number of amides is 3. The van der Waals surface area contributed by atoms with Gasteiger partial charge in [0.05, 0.1) is 19.4 Å². The highest BCUT2D eigenvalue weighted by Crippen LogP contribution is 2.27. The molecule has 0 aliphatic carbocycles. The van der Waals surface area contributed by atoms with Gasteiger partial charge in [-0.15, -0.1) is 0 Å². The lowest BCUT2D eigenvalue weighted by atomic mass is 9.79. The normalized spacial score (nSPS) is 12.3. The second kappa shape index (κ2) is 9.08. The maximum Gasteiger partial charge on any atom is 0.315 e. The van der Waals surface area contributed by atoms with Gasteiger partial charge >= 0.3 is 6.03 Å². The molecule has 26 heavy (non-hydrogen) atoms. The summed E-state index contributed by atoms with van der Waals surface area (Å²) in [5, 5.41) is 8.14. The average molecular weight is 357 g/mol. The van der Waals surface area contributed by atoms with Crippen molar-refractivity contribution in [2.24, 2.45) is 0 Å². The van der Waals surface area contributed by atoms with E-state index in [1.54, 1.807) is 18.4 Å². The number of nitrogens with one attached hydrogen (secondary N) is 3. The van der Waals surface area contributed by atoms with E-state index in [-0.39, 0.29) is 29.9 Å². The number of carbonyl (C=O) groups is 2. The molecule has 0 fully saturated rings. The predicted octanol–water partition coefficient (Wildman–Crippen LogP) is 2.95. The molecular weight excluding hydrogens is 330 g/mol. The molecule has 0 aliphatic rings. The van der Waals surface area contributed by atoms with Crippen LogP contribution in [0.5, 0.6) is 0 Å². The Bertz CT molecular complexity index is 696. The molecule has 0 radical (unpaired) electrons. The van der Waals surface area contributed by atoms with Gasteiger partial charge in [0.15, 0.2) is 0 Å². The Balaban J connectivity index is 1.70. The summed E-state index contributed by atoms with van der Waals surface area (Å²) in [6, 6.07) is 13.4. The average Bonchev–Trinajstić information content (AvgIpc) is 3.12. The summed E-state index contributed by atoms with van der Waals surface area (Å²) < 4.78 is 5.13. The van der Waals surface area contributed by atoms with Crippen LogP contribution in [0.4, 0.5) is 4.79 Å². The lowest BCUT2D eigenvalue weighted by Gasteiger charge is -2.29. The van der Waals surface area contributed by atoms with E-state index in [2.05, 4.69) is 41.9 Å². The number of rotatable bonds is 8. The molecule has 1 aromatic heterocycles.